The van der Waals surface area contributed by atoms with E-state index in [4.69, 9.17) is 40.2 Å². The second-order valence-electron chi connectivity index (χ2n) is 0.495. The molecule has 0 bridgehead atoms. The molecule has 0 atom stereocenters. The highest BCUT2D eigenvalue weighted by molar-refractivity contribution is 7.81. The molecule has 0 unspecified atom stereocenters. The largest absolute Gasteiger partial charge is 0.564 e. The molecule has 0 heterocycles. The van der Waals surface area contributed by atoms with Gasteiger partial charge in [-0.25, -0.2) is 0 Å². The zero-order valence-electron chi connectivity index (χ0n) is 2.09. The molecule has 0 saturated carbocycles. The van der Waals surface area contributed by atoms with Gasteiger partial charge in [0.25, 0.3) is 0 Å². The summed E-state index contributed by atoms with van der Waals surface area (Å²) in [6.45, 7) is 0. The van der Waals surface area contributed by atoms with E-state index in [1.54, 1.807) is 0 Å². The van der Waals surface area contributed by atoms with Crippen molar-refractivity contribution in [2.45, 2.75) is 0 Å². The summed E-state index contributed by atoms with van der Waals surface area (Å²) in [5, 5.41) is 0. The molecule has 0 fully saturated rings. The predicted molar refractivity (Wildman–Crippen MR) is 29.2 cm³/mol. The normalized spacial score (nSPS) is 12.0. The molecule has 0 N–H and O–H groups in total. The van der Waals surface area contributed by atoms with Crippen LogP contribution in [0.15, 0.2) is 0 Å². The standard InChI is InChI=1S/Al.4ClH/h;4*1H/q+3;;;;/p-4. The first-order valence-corrected chi connectivity index (χ1v) is 7.86. The van der Waals surface area contributed by atoms with Gasteiger partial charge in [-0.1, -0.05) is 0 Å². The van der Waals surface area contributed by atoms with Crippen molar-refractivity contribution in [3.8, 4) is 0 Å². The van der Waals surface area contributed by atoms with Gasteiger partial charge < -0.3 is 40.2 Å². The highest BCUT2D eigenvalue weighted by Crippen LogP contribution is 2.23. The summed E-state index contributed by atoms with van der Waals surface area (Å²) in [5.74, 6) is 0. The molecule has 0 aliphatic carbocycles. The van der Waals surface area contributed by atoms with Gasteiger partial charge in [0.15, 0.2) is 0 Å². The lowest BCUT2D eigenvalue weighted by atomic mass is 26.5. The number of hydrogen-bond donors (Lipinski definition) is 0. The highest BCUT2D eigenvalue weighted by atomic mass is 35.9. The highest BCUT2D eigenvalue weighted by Gasteiger charge is 2.14. The van der Waals surface area contributed by atoms with Gasteiger partial charge in [-0.15, -0.1) is 0 Å². The van der Waals surface area contributed by atoms with E-state index in [0.717, 1.165) is 0 Å². The average Bonchev–Trinajstić information content (AvgIpc) is 0.722. The Kier molecular flexibility index (Phi) is 2.84. The SMILES string of the molecule is [Cl][Al-]([Cl])([Cl])[Cl]. The third-order valence-electron chi connectivity index (χ3n) is 0. The molecule has 0 aromatic carbocycles. The fourth-order valence-electron chi connectivity index (χ4n) is 0. The summed E-state index contributed by atoms with van der Waals surface area (Å²) in [6.07, 6.45) is 0. The van der Waals surface area contributed by atoms with Crippen LogP contribution in [0.25, 0.3) is 0 Å². The van der Waals surface area contributed by atoms with E-state index in [1.165, 1.54) is 0 Å². The van der Waals surface area contributed by atoms with Gasteiger partial charge in [-0.3, -0.25) is 0 Å². The lowest BCUT2D eigenvalue weighted by molar-refractivity contribution is 3.80. The molecule has 0 saturated heterocycles. The minimum atomic E-state index is -2.94. The maximum absolute atomic E-state index is 4.99. The van der Waals surface area contributed by atoms with Crippen molar-refractivity contribution in [2.75, 3.05) is 0 Å². The lowest BCUT2D eigenvalue weighted by Crippen LogP contribution is -1.91. The first kappa shape index (κ1) is 6.69. The maximum atomic E-state index is 4.99. The molecule has 0 rings (SSSR count). The summed E-state index contributed by atoms with van der Waals surface area (Å²) in [4.78, 5) is 0. The van der Waals surface area contributed by atoms with E-state index in [-0.39, 0.29) is 0 Å². The van der Waals surface area contributed by atoms with Crippen molar-refractivity contribution >= 4 is 49.6 Å². The van der Waals surface area contributed by atoms with Gasteiger partial charge in [0.05, 0.1) is 0 Å². The molecule has 32 valence electrons. The smallest absolute Gasteiger partial charge is 0.391 e. The average molecular weight is 169 g/mol. The minimum absolute atomic E-state index is 2.94. The molecule has 5 heteroatoms. The number of halogens is 4. The molecule has 0 nitrogen and oxygen atoms in total. The lowest BCUT2D eigenvalue weighted by Gasteiger charge is -1.97. The van der Waals surface area contributed by atoms with E-state index >= 15 is 0 Å². The fraction of sp³-hybridized carbons (Fsp3) is 0. The van der Waals surface area contributed by atoms with Crippen LogP contribution in [0.2, 0.25) is 0 Å². The van der Waals surface area contributed by atoms with Crippen LogP contribution in [-0.4, -0.2) is 9.39 Å². The molecule has 0 aromatic rings. The molecular weight excluding hydrogens is 169 g/mol. The first-order chi connectivity index (χ1) is 2.00. The van der Waals surface area contributed by atoms with Gasteiger partial charge in [-0.2, -0.15) is 0 Å². The Hall–Kier alpha value is 1.69. The monoisotopic (exact) mass is 167 g/mol. The fourth-order valence-corrected chi connectivity index (χ4v) is 0. The predicted octanol–water partition coefficient (Wildman–Crippen LogP) is 2.38. The zero-order valence-corrected chi connectivity index (χ0v) is 6.27. The van der Waals surface area contributed by atoms with Crippen LogP contribution in [0.3, 0.4) is 0 Å². The van der Waals surface area contributed by atoms with Crippen molar-refractivity contribution < 1.29 is 0 Å². The Morgan fingerprint density at radius 3 is 0.800 bits per heavy atom. The van der Waals surface area contributed by atoms with Crippen LogP contribution < -0.4 is 0 Å². The van der Waals surface area contributed by atoms with Gasteiger partial charge in [0, 0.05) is 0 Å². The number of hydrogen-bond acceptors (Lipinski definition) is 0. The molecular formula is AlCl4-. The maximum Gasteiger partial charge on any atom is 0.564 e. The molecule has 0 spiro atoms. The number of rotatable bonds is 0. The summed E-state index contributed by atoms with van der Waals surface area (Å²) in [6, 6.07) is 0. The Morgan fingerprint density at radius 1 is 0.800 bits per heavy atom. The van der Waals surface area contributed by atoms with Gasteiger partial charge in [-0.05, 0) is 0 Å². The van der Waals surface area contributed by atoms with E-state index < -0.39 is 9.39 Å². The van der Waals surface area contributed by atoms with Crippen molar-refractivity contribution in [3.05, 3.63) is 0 Å². The van der Waals surface area contributed by atoms with Crippen LogP contribution >= 0.6 is 40.2 Å². The van der Waals surface area contributed by atoms with Gasteiger partial charge >= 0.3 is 9.39 Å². The topological polar surface area (TPSA) is 0 Å². The Bertz CT molecular complexity index is 19.1. The quantitative estimate of drug-likeness (QED) is 0.488. The van der Waals surface area contributed by atoms with Crippen LogP contribution in [-0.2, 0) is 0 Å². The van der Waals surface area contributed by atoms with E-state index in [0.29, 0.717) is 0 Å². The Morgan fingerprint density at radius 2 is 0.800 bits per heavy atom. The Labute approximate surface area is 49.5 Å². The summed E-state index contributed by atoms with van der Waals surface area (Å²) < 4.78 is 0. The van der Waals surface area contributed by atoms with Crippen molar-refractivity contribution in [2.24, 2.45) is 0 Å². The van der Waals surface area contributed by atoms with Crippen molar-refractivity contribution in [1.29, 1.82) is 0 Å². The third kappa shape index (κ3) is 27.1. The molecule has 0 aromatic heterocycles. The molecule has 0 aliphatic heterocycles. The minimum Gasteiger partial charge on any atom is -0.391 e. The van der Waals surface area contributed by atoms with E-state index in [9.17, 15) is 0 Å². The summed E-state index contributed by atoms with van der Waals surface area (Å²) >= 11 is 0. The summed E-state index contributed by atoms with van der Waals surface area (Å²) in [7, 11) is 17.0. The van der Waals surface area contributed by atoms with E-state index in [1.807, 2.05) is 0 Å². The van der Waals surface area contributed by atoms with Crippen LogP contribution in [0.1, 0.15) is 0 Å². The first-order valence-electron chi connectivity index (χ1n) is 0.873. The van der Waals surface area contributed by atoms with Crippen molar-refractivity contribution in [3.63, 3.8) is 0 Å². The van der Waals surface area contributed by atoms with Crippen LogP contribution in [0.4, 0.5) is 0 Å². The van der Waals surface area contributed by atoms with E-state index in [2.05, 4.69) is 0 Å². The zero-order chi connectivity index (χ0) is 4.50. The van der Waals surface area contributed by atoms with Crippen LogP contribution in [0.5, 0.6) is 0 Å². The van der Waals surface area contributed by atoms with Crippen molar-refractivity contribution in [1.82, 2.24) is 0 Å². The third-order valence-corrected chi connectivity index (χ3v) is 0. The van der Waals surface area contributed by atoms with Gasteiger partial charge in [0.1, 0.15) is 0 Å². The van der Waals surface area contributed by atoms with Gasteiger partial charge in [0.2, 0.25) is 0 Å². The van der Waals surface area contributed by atoms with Crippen LogP contribution in [0, 0.1) is 0 Å². The molecule has 0 amide bonds. The summed E-state index contributed by atoms with van der Waals surface area (Å²) in [5.41, 5.74) is 0. The second kappa shape index (κ2) is 2.12. The molecule has 0 aliphatic rings. The second-order valence-corrected chi connectivity index (χ2v) is 13.4. The molecule has 5 heavy (non-hydrogen) atoms. The molecule has 0 radical (unpaired) electrons. The Balaban J connectivity index is 3.02.